The van der Waals surface area contributed by atoms with Crippen molar-refractivity contribution < 1.29 is 4.79 Å². The predicted molar refractivity (Wildman–Crippen MR) is 85.2 cm³/mol. The SMILES string of the molecule is Cc1cccc2c(N)c(C(=O)NC(C)(C)C3CC3)sc12. The third-order valence-electron chi connectivity index (χ3n) is 4.19. The maximum atomic E-state index is 12.5. The molecule has 1 aromatic carbocycles. The van der Waals surface area contributed by atoms with Gasteiger partial charge < -0.3 is 11.1 Å². The van der Waals surface area contributed by atoms with Gasteiger partial charge in [-0.3, -0.25) is 4.79 Å². The summed E-state index contributed by atoms with van der Waals surface area (Å²) in [5, 5.41) is 4.14. The summed E-state index contributed by atoms with van der Waals surface area (Å²) in [5.41, 5.74) is 7.80. The van der Waals surface area contributed by atoms with Crippen LogP contribution in [0.4, 0.5) is 5.69 Å². The van der Waals surface area contributed by atoms with E-state index >= 15 is 0 Å². The molecule has 0 bridgehead atoms. The molecule has 0 saturated heterocycles. The van der Waals surface area contributed by atoms with Crippen LogP contribution in [0.5, 0.6) is 0 Å². The summed E-state index contributed by atoms with van der Waals surface area (Å²) in [7, 11) is 0. The van der Waals surface area contributed by atoms with Crippen molar-refractivity contribution in [2.45, 2.75) is 39.2 Å². The quantitative estimate of drug-likeness (QED) is 0.904. The molecule has 20 heavy (non-hydrogen) atoms. The molecule has 1 saturated carbocycles. The van der Waals surface area contributed by atoms with Gasteiger partial charge in [-0.25, -0.2) is 0 Å². The Morgan fingerprint density at radius 1 is 1.40 bits per heavy atom. The molecule has 1 aliphatic carbocycles. The summed E-state index contributed by atoms with van der Waals surface area (Å²) in [6.45, 7) is 6.24. The van der Waals surface area contributed by atoms with E-state index in [-0.39, 0.29) is 11.4 Å². The third-order valence-corrected chi connectivity index (χ3v) is 5.55. The molecule has 3 N–H and O–H groups in total. The number of carbonyl (C=O) groups is 1. The Bertz CT molecular complexity index is 683. The molecule has 4 heteroatoms. The van der Waals surface area contributed by atoms with Gasteiger partial charge in [0.1, 0.15) is 4.88 Å². The zero-order valence-electron chi connectivity index (χ0n) is 12.1. The van der Waals surface area contributed by atoms with E-state index in [2.05, 4.69) is 19.2 Å². The molecule has 1 aromatic heterocycles. The number of rotatable bonds is 3. The smallest absolute Gasteiger partial charge is 0.263 e. The molecule has 1 fully saturated rings. The lowest BCUT2D eigenvalue weighted by Crippen LogP contribution is -2.45. The Morgan fingerprint density at radius 2 is 2.10 bits per heavy atom. The molecule has 2 aromatic rings. The van der Waals surface area contributed by atoms with Crippen LogP contribution in [0.3, 0.4) is 0 Å². The van der Waals surface area contributed by atoms with E-state index in [9.17, 15) is 4.79 Å². The Balaban J connectivity index is 1.95. The molecule has 0 radical (unpaired) electrons. The first-order chi connectivity index (χ1) is 9.40. The van der Waals surface area contributed by atoms with Crippen molar-refractivity contribution in [2.75, 3.05) is 5.73 Å². The normalized spacial score (nSPS) is 15.6. The van der Waals surface area contributed by atoms with Gasteiger partial charge in [0.05, 0.1) is 5.69 Å². The van der Waals surface area contributed by atoms with Crippen LogP contribution in [-0.2, 0) is 0 Å². The Hall–Kier alpha value is -1.55. The highest BCUT2D eigenvalue weighted by atomic mass is 32.1. The van der Waals surface area contributed by atoms with E-state index in [1.165, 1.54) is 29.7 Å². The largest absolute Gasteiger partial charge is 0.397 e. The monoisotopic (exact) mass is 288 g/mol. The molecular weight excluding hydrogens is 268 g/mol. The zero-order chi connectivity index (χ0) is 14.5. The van der Waals surface area contributed by atoms with Crippen LogP contribution in [-0.4, -0.2) is 11.4 Å². The second-order valence-electron chi connectivity index (χ2n) is 6.25. The lowest BCUT2D eigenvalue weighted by Gasteiger charge is -2.25. The summed E-state index contributed by atoms with van der Waals surface area (Å²) in [4.78, 5) is 13.2. The van der Waals surface area contributed by atoms with Crippen molar-refractivity contribution in [1.29, 1.82) is 0 Å². The van der Waals surface area contributed by atoms with Crippen LogP contribution in [0, 0.1) is 12.8 Å². The summed E-state index contributed by atoms with van der Waals surface area (Å²) in [6.07, 6.45) is 2.41. The molecule has 0 aliphatic heterocycles. The minimum Gasteiger partial charge on any atom is -0.397 e. The third kappa shape index (κ3) is 2.18. The standard InChI is InChI=1S/C16H20N2OS/c1-9-5-4-6-11-12(17)14(20-13(9)11)15(19)18-16(2,3)10-7-8-10/h4-6,10H,7-8,17H2,1-3H3,(H,18,19). The van der Waals surface area contributed by atoms with E-state index in [0.717, 1.165) is 10.1 Å². The predicted octanol–water partition coefficient (Wildman–Crippen LogP) is 3.71. The van der Waals surface area contributed by atoms with E-state index in [1.807, 2.05) is 25.1 Å². The van der Waals surface area contributed by atoms with Crippen molar-refractivity contribution in [3.8, 4) is 0 Å². The average molecular weight is 288 g/mol. The Kier molecular flexibility index (Phi) is 3.01. The van der Waals surface area contributed by atoms with Crippen molar-refractivity contribution in [3.63, 3.8) is 0 Å². The van der Waals surface area contributed by atoms with Gasteiger partial charge in [-0.15, -0.1) is 11.3 Å². The van der Waals surface area contributed by atoms with Gasteiger partial charge in [-0.05, 0) is 45.1 Å². The lowest BCUT2D eigenvalue weighted by molar-refractivity contribution is 0.0908. The summed E-state index contributed by atoms with van der Waals surface area (Å²) < 4.78 is 1.11. The van der Waals surface area contributed by atoms with Gasteiger partial charge in [0, 0.05) is 15.6 Å². The highest BCUT2D eigenvalue weighted by Gasteiger charge is 2.39. The molecule has 3 rings (SSSR count). The molecule has 106 valence electrons. The van der Waals surface area contributed by atoms with Gasteiger partial charge >= 0.3 is 0 Å². The fourth-order valence-electron chi connectivity index (χ4n) is 2.70. The molecule has 0 spiro atoms. The van der Waals surface area contributed by atoms with Crippen LogP contribution < -0.4 is 11.1 Å². The molecule has 0 atom stereocenters. The number of fused-ring (bicyclic) bond motifs is 1. The van der Waals surface area contributed by atoms with Gasteiger partial charge in [0.2, 0.25) is 0 Å². The van der Waals surface area contributed by atoms with E-state index in [0.29, 0.717) is 16.5 Å². The lowest BCUT2D eigenvalue weighted by atomic mass is 9.98. The molecule has 3 nitrogen and oxygen atoms in total. The molecular formula is C16H20N2OS. The molecule has 0 unspecified atom stereocenters. The van der Waals surface area contributed by atoms with Crippen LogP contribution in [0.1, 0.15) is 41.9 Å². The summed E-state index contributed by atoms with van der Waals surface area (Å²) >= 11 is 1.49. The number of hydrogen-bond acceptors (Lipinski definition) is 3. The maximum absolute atomic E-state index is 12.5. The second kappa shape index (κ2) is 4.48. The number of anilines is 1. The van der Waals surface area contributed by atoms with Crippen molar-refractivity contribution in [3.05, 3.63) is 28.6 Å². The summed E-state index contributed by atoms with van der Waals surface area (Å²) in [6, 6.07) is 6.02. The number of nitrogens with two attached hydrogens (primary N) is 1. The maximum Gasteiger partial charge on any atom is 0.263 e. The number of aryl methyl sites for hydroxylation is 1. The first-order valence-electron chi connectivity index (χ1n) is 7.00. The topological polar surface area (TPSA) is 55.1 Å². The number of nitrogen functional groups attached to an aromatic ring is 1. The van der Waals surface area contributed by atoms with Crippen LogP contribution in [0.2, 0.25) is 0 Å². The first-order valence-corrected chi connectivity index (χ1v) is 7.82. The molecule has 1 aliphatic rings. The zero-order valence-corrected chi connectivity index (χ0v) is 12.9. The van der Waals surface area contributed by atoms with Crippen LogP contribution >= 0.6 is 11.3 Å². The Morgan fingerprint density at radius 3 is 2.70 bits per heavy atom. The van der Waals surface area contributed by atoms with Crippen LogP contribution in [0.25, 0.3) is 10.1 Å². The van der Waals surface area contributed by atoms with Gasteiger partial charge in [0.25, 0.3) is 5.91 Å². The number of thiophene rings is 1. The average Bonchev–Trinajstić information content (AvgIpc) is 3.16. The first kappa shape index (κ1) is 13.4. The van der Waals surface area contributed by atoms with Gasteiger partial charge in [0.15, 0.2) is 0 Å². The van der Waals surface area contributed by atoms with Crippen LogP contribution in [0.15, 0.2) is 18.2 Å². The van der Waals surface area contributed by atoms with E-state index in [1.54, 1.807) is 0 Å². The Labute approximate surface area is 123 Å². The van der Waals surface area contributed by atoms with Crippen molar-refractivity contribution in [1.82, 2.24) is 5.32 Å². The molecule has 1 amide bonds. The number of nitrogens with one attached hydrogen (secondary N) is 1. The minimum atomic E-state index is -0.144. The second-order valence-corrected chi connectivity index (χ2v) is 7.27. The highest BCUT2D eigenvalue weighted by Crippen LogP contribution is 2.40. The fourth-order valence-corrected chi connectivity index (χ4v) is 3.79. The number of hydrogen-bond donors (Lipinski definition) is 2. The van der Waals surface area contributed by atoms with E-state index < -0.39 is 0 Å². The fraction of sp³-hybridized carbons (Fsp3) is 0.438. The number of carbonyl (C=O) groups excluding carboxylic acids is 1. The highest BCUT2D eigenvalue weighted by molar-refractivity contribution is 7.21. The number of benzene rings is 1. The molecule has 1 heterocycles. The van der Waals surface area contributed by atoms with Gasteiger partial charge in [-0.2, -0.15) is 0 Å². The van der Waals surface area contributed by atoms with Crippen molar-refractivity contribution in [2.24, 2.45) is 5.92 Å². The van der Waals surface area contributed by atoms with Crippen molar-refractivity contribution >= 4 is 33.0 Å². The number of amides is 1. The summed E-state index contributed by atoms with van der Waals surface area (Å²) in [5.74, 6) is 0.559. The van der Waals surface area contributed by atoms with E-state index in [4.69, 9.17) is 5.73 Å². The van der Waals surface area contributed by atoms with Gasteiger partial charge in [-0.1, -0.05) is 18.2 Å². The minimum absolute atomic E-state index is 0.0417.